The monoisotopic (exact) mass is 327 g/mol. The van der Waals surface area contributed by atoms with E-state index < -0.39 is 0 Å². The molecule has 24 heavy (non-hydrogen) atoms. The van der Waals surface area contributed by atoms with Gasteiger partial charge in [0.2, 0.25) is 0 Å². The van der Waals surface area contributed by atoms with Crippen LogP contribution in [0.5, 0.6) is 17.2 Å². The van der Waals surface area contributed by atoms with Crippen molar-refractivity contribution in [2.75, 3.05) is 27.9 Å². The number of hydrogen-bond donors (Lipinski definition) is 1. The minimum absolute atomic E-state index is 0.318. The van der Waals surface area contributed by atoms with Gasteiger partial charge in [-0.1, -0.05) is 18.2 Å². The molecule has 0 amide bonds. The van der Waals surface area contributed by atoms with Crippen molar-refractivity contribution in [1.29, 1.82) is 0 Å². The maximum atomic E-state index is 5.48. The molecule has 0 bridgehead atoms. The first-order valence-electron chi connectivity index (χ1n) is 8.37. The van der Waals surface area contributed by atoms with Crippen LogP contribution in [0.1, 0.15) is 29.2 Å². The molecular weight excluding hydrogens is 302 g/mol. The first-order chi connectivity index (χ1) is 11.8. The first kappa shape index (κ1) is 16.7. The molecule has 0 aliphatic carbocycles. The lowest BCUT2D eigenvalue weighted by Crippen LogP contribution is -2.30. The van der Waals surface area contributed by atoms with Gasteiger partial charge in [0.1, 0.15) is 5.75 Å². The molecule has 1 atom stereocenters. The Hall–Kier alpha value is -2.20. The summed E-state index contributed by atoms with van der Waals surface area (Å²) in [4.78, 5) is 0. The van der Waals surface area contributed by atoms with Crippen LogP contribution in [0.2, 0.25) is 0 Å². The standard InChI is InChI=1S/C20H25NO3/c1-22-18-7-5-4-6-14(18)8-9-17-16-13-20(24-3)19(23-2)12-15(16)10-11-21-17/h4-7,12-13,17,21H,8-11H2,1-3H3/t17-/m1/s1. The zero-order chi connectivity index (χ0) is 16.9. The van der Waals surface area contributed by atoms with Crippen LogP contribution in [0.3, 0.4) is 0 Å². The van der Waals surface area contributed by atoms with Gasteiger partial charge in [-0.15, -0.1) is 0 Å². The normalized spacial score (nSPS) is 16.4. The fraction of sp³-hybridized carbons (Fsp3) is 0.400. The maximum absolute atomic E-state index is 5.48. The van der Waals surface area contributed by atoms with Crippen LogP contribution in [0.15, 0.2) is 36.4 Å². The molecule has 4 heteroatoms. The molecule has 1 aliphatic heterocycles. The summed E-state index contributed by atoms with van der Waals surface area (Å²) in [5.74, 6) is 2.56. The van der Waals surface area contributed by atoms with Gasteiger partial charge in [-0.3, -0.25) is 0 Å². The van der Waals surface area contributed by atoms with Crippen molar-refractivity contribution < 1.29 is 14.2 Å². The van der Waals surface area contributed by atoms with Crippen molar-refractivity contribution >= 4 is 0 Å². The van der Waals surface area contributed by atoms with E-state index in [1.165, 1.54) is 16.7 Å². The van der Waals surface area contributed by atoms with Crippen LogP contribution in [0.25, 0.3) is 0 Å². The minimum atomic E-state index is 0.318. The number of aryl methyl sites for hydroxylation is 1. The largest absolute Gasteiger partial charge is 0.496 e. The summed E-state index contributed by atoms with van der Waals surface area (Å²) in [5.41, 5.74) is 3.90. The molecule has 3 rings (SSSR count). The fourth-order valence-corrected chi connectivity index (χ4v) is 3.44. The Kier molecular flexibility index (Phi) is 5.26. The lowest BCUT2D eigenvalue weighted by molar-refractivity contribution is 0.351. The molecule has 0 saturated heterocycles. The Labute approximate surface area is 143 Å². The lowest BCUT2D eigenvalue weighted by Gasteiger charge is -2.28. The van der Waals surface area contributed by atoms with Crippen LogP contribution < -0.4 is 19.5 Å². The highest BCUT2D eigenvalue weighted by atomic mass is 16.5. The predicted molar refractivity (Wildman–Crippen MR) is 95.3 cm³/mol. The average molecular weight is 327 g/mol. The van der Waals surface area contributed by atoms with E-state index in [1.54, 1.807) is 21.3 Å². The molecule has 2 aromatic carbocycles. The number of methoxy groups -OCH3 is 3. The third-order valence-electron chi connectivity index (χ3n) is 4.70. The third-order valence-corrected chi connectivity index (χ3v) is 4.70. The molecule has 128 valence electrons. The van der Waals surface area contributed by atoms with Gasteiger partial charge in [-0.25, -0.2) is 0 Å². The molecule has 1 heterocycles. The minimum Gasteiger partial charge on any atom is -0.496 e. The quantitative estimate of drug-likeness (QED) is 0.881. The van der Waals surface area contributed by atoms with Gasteiger partial charge in [0.25, 0.3) is 0 Å². The van der Waals surface area contributed by atoms with E-state index >= 15 is 0 Å². The smallest absolute Gasteiger partial charge is 0.161 e. The first-order valence-corrected chi connectivity index (χ1v) is 8.37. The second-order valence-corrected chi connectivity index (χ2v) is 6.01. The maximum Gasteiger partial charge on any atom is 0.161 e. The molecule has 0 saturated carbocycles. The SMILES string of the molecule is COc1ccccc1CC[C@H]1NCCc2cc(OC)c(OC)cc21. The molecule has 4 nitrogen and oxygen atoms in total. The van der Waals surface area contributed by atoms with E-state index in [4.69, 9.17) is 14.2 Å². The zero-order valence-electron chi connectivity index (χ0n) is 14.6. The highest BCUT2D eigenvalue weighted by molar-refractivity contribution is 5.49. The summed E-state index contributed by atoms with van der Waals surface area (Å²) in [7, 11) is 5.10. The van der Waals surface area contributed by atoms with E-state index in [1.807, 2.05) is 12.1 Å². The van der Waals surface area contributed by atoms with Crippen molar-refractivity contribution in [3.63, 3.8) is 0 Å². The molecule has 0 spiro atoms. The predicted octanol–water partition coefficient (Wildman–Crippen LogP) is 3.53. The van der Waals surface area contributed by atoms with E-state index in [0.29, 0.717) is 6.04 Å². The van der Waals surface area contributed by atoms with Crippen LogP contribution in [0.4, 0.5) is 0 Å². The number of nitrogens with one attached hydrogen (secondary N) is 1. The second-order valence-electron chi connectivity index (χ2n) is 6.01. The Morgan fingerprint density at radius 3 is 2.42 bits per heavy atom. The molecule has 0 aromatic heterocycles. The number of para-hydroxylation sites is 1. The van der Waals surface area contributed by atoms with Gasteiger partial charge >= 0.3 is 0 Å². The number of rotatable bonds is 6. The summed E-state index contributed by atoms with van der Waals surface area (Å²) < 4.78 is 16.4. The van der Waals surface area contributed by atoms with Gasteiger partial charge in [0.05, 0.1) is 21.3 Å². The van der Waals surface area contributed by atoms with Crippen molar-refractivity contribution in [2.24, 2.45) is 0 Å². The average Bonchev–Trinajstić information content (AvgIpc) is 2.65. The molecular formula is C20H25NO3. The number of fused-ring (bicyclic) bond motifs is 1. The van der Waals surface area contributed by atoms with E-state index in [0.717, 1.165) is 43.1 Å². The molecule has 1 N–H and O–H groups in total. The van der Waals surface area contributed by atoms with Crippen molar-refractivity contribution in [1.82, 2.24) is 5.32 Å². The Balaban J connectivity index is 1.81. The summed E-state index contributed by atoms with van der Waals surface area (Å²) in [6.07, 6.45) is 3.00. The molecule has 0 radical (unpaired) electrons. The lowest BCUT2D eigenvalue weighted by atomic mass is 9.90. The van der Waals surface area contributed by atoms with Gasteiger partial charge in [0, 0.05) is 6.04 Å². The summed E-state index contributed by atoms with van der Waals surface area (Å²) >= 11 is 0. The van der Waals surface area contributed by atoms with Gasteiger partial charge in [-0.2, -0.15) is 0 Å². The van der Waals surface area contributed by atoms with E-state index in [-0.39, 0.29) is 0 Å². The number of hydrogen-bond acceptors (Lipinski definition) is 4. The Morgan fingerprint density at radius 2 is 1.67 bits per heavy atom. The summed E-state index contributed by atoms with van der Waals surface area (Å²) in [6.45, 7) is 0.985. The number of benzene rings is 2. The highest BCUT2D eigenvalue weighted by Crippen LogP contribution is 2.36. The van der Waals surface area contributed by atoms with Crippen LogP contribution in [-0.4, -0.2) is 27.9 Å². The van der Waals surface area contributed by atoms with Gasteiger partial charge < -0.3 is 19.5 Å². The zero-order valence-corrected chi connectivity index (χ0v) is 14.6. The molecule has 2 aromatic rings. The molecule has 0 fully saturated rings. The third kappa shape index (κ3) is 3.34. The van der Waals surface area contributed by atoms with Gasteiger partial charge in [-0.05, 0) is 60.7 Å². The van der Waals surface area contributed by atoms with E-state index in [2.05, 4.69) is 29.6 Å². The van der Waals surface area contributed by atoms with Crippen molar-refractivity contribution in [3.8, 4) is 17.2 Å². The van der Waals surface area contributed by atoms with Crippen LogP contribution >= 0.6 is 0 Å². The van der Waals surface area contributed by atoms with Crippen LogP contribution in [0, 0.1) is 0 Å². The fourth-order valence-electron chi connectivity index (χ4n) is 3.44. The molecule has 0 unspecified atom stereocenters. The topological polar surface area (TPSA) is 39.7 Å². The van der Waals surface area contributed by atoms with E-state index in [9.17, 15) is 0 Å². The second kappa shape index (κ2) is 7.58. The Morgan fingerprint density at radius 1 is 0.958 bits per heavy atom. The summed E-state index contributed by atoms with van der Waals surface area (Å²) in [6, 6.07) is 12.8. The van der Waals surface area contributed by atoms with Crippen molar-refractivity contribution in [2.45, 2.75) is 25.3 Å². The highest BCUT2D eigenvalue weighted by Gasteiger charge is 2.22. The van der Waals surface area contributed by atoms with Crippen LogP contribution in [-0.2, 0) is 12.8 Å². The number of ether oxygens (including phenoxy) is 3. The Bertz CT molecular complexity index is 699. The summed E-state index contributed by atoms with van der Waals surface area (Å²) in [5, 5.41) is 3.63. The van der Waals surface area contributed by atoms with Crippen molar-refractivity contribution in [3.05, 3.63) is 53.1 Å². The molecule has 1 aliphatic rings. The van der Waals surface area contributed by atoms with Gasteiger partial charge in [0.15, 0.2) is 11.5 Å².